The molecule has 2 amide bonds. The van der Waals surface area contributed by atoms with Crippen LogP contribution < -0.4 is 10.6 Å². The maximum atomic E-state index is 13.3. The van der Waals surface area contributed by atoms with Gasteiger partial charge in [0.05, 0.1) is 5.25 Å². The molecule has 136 valence electrons. The summed E-state index contributed by atoms with van der Waals surface area (Å²) < 4.78 is 13.3. The Kier molecular flexibility index (Phi) is 5.49. The zero-order chi connectivity index (χ0) is 19.6. The molecule has 27 heavy (non-hydrogen) atoms. The first-order valence-electron chi connectivity index (χ1n) is 7.85. The number of rotatable bonds is 4. The summed E-state index contributed by atoms with van der Waals surface area (Å²) in [6, 6.07) is 14.1. The maximum Gasteiger partial charge on any atom is 0.262 e. The second-order valence-corrected chi connectivity index (χ2v) is 7.37. The number of hydrogen-bond acceptors (Lipinski definition) is 4. The van der Waals surface area contributed by atoms with E-state index in [4.69, 9.17) is 17.3 Å². The Balaban J connectivity index is 2.03. The summed E-state index contributed by atoms with van der Waals surface area (Å²) in [5.74, 6) is -1.71. The first-order chi connectivity index (χ1) is 12.9. The smallest absolute Gasteiger partial charge is 0.262 e. The highest BCUT2D eigenvalue weighted by Crippen LogP contribution is 2.41. The summed E-state index contributed by atoms with van der Waals surface area (Å²) in [6.07, 6.45) is 0.350. The minimum Gasteiger partial charge on any atom is -0.365 e. The molecule has 0 unspecified atom stereocenters. The van der Waals surface area contributed by atoms with Gasteiger partial charge in [-0.25, -0.2) is 4.39 Å². The molecule has 2 N–H and O–H groups in total. The van der Waals surface area contributed by atoms with E-state index >= 15 is 0 Å². The van der Waals surface area contributed by atoms with Crippen LogP contribution >= 0.6 is 23.4 Å². The molecule has 1 atom stereocenters. The van der Waals surface area contributed by atoms with Crippen LogP contribution in [0.4, 0.5) is 10.1 Å². The van der Waals surface area contributed by atoms with E-state index < -0.39 is 17.0 Å². The van der Waals surface area contributed by atoms with Crippen LogP contribution in [-0.4, -0.2) is 17.1 Å². The van der Waals surface area contributed by atoms with Crippen molar-refractivity contribution in [1.29, 1.82) is 5.26 Å². The number of carbonyl (C=O) groups excluding carboxylic acids is 2. The molecule has 0 bridgehead atoms. The Morgan fingerprint density at radius 1 is 1.30 bits per heavy atom. The van der Waals surface area contributed by atoms with Crippen molar-refractivity contribution in [3.8, 4) is 6.07 Å². The van der Waals surface area contributed by atoms with Crippen molar-refractivity contribution in [3.63, 3.8) is 0 Å². The van der Waals surface area contributed by atoms with Crippen molar-refractivity contribution >= 4 is 40.9 Å². The van der Waals surface area contributed by atoms with Gasteiger partial charge in [-0.2, -0.15) is 5.26 Å². The van der Waals surface area contributed by atoms with E-state index in [1.165, 1.54) is 29.2 Å². The lowest BCUT2D eigenvalue weighted by molar-refractivity contribution is -0.117. The Hall–Kier alpha value is -2.82. The van der Waals surface area contributed by atoms with Gasteiger partial charge in [-0.1, -0.05) is 35.5 Å². The van der Waals surface area contributed by atoms with Gasteiger partial charge in [-0.3, -0.25) is 14.5 Å². The minimum atomic E-state index is -0.927. The minimum absolute atomic E-state index is 0.147. The van der Waals surface area contributed by atoms with Crippen molar-refractivity contribution in [2.45, 2.75) is 11.7 Å². The molecular formula is C19H13ClFN3O2S. The van der Waals surface area contributed by atoms with Crippen LogP contribution in [-0.2, 0) is 16.0 Å². The summed E-state index contributed by atoms with van der Waals surface area (Å²) in [5, 5.41) is 9.44. The van der Waals surface area contributed by atoms with Crippen LogP contribution in [0.15, 0.2) is 59.1 Å². The first-order valence-corrected chi connectivity index (χ1v) is 9.11. The summed E-state index contributed by atoms with van der Waals surface area (Å²) in [6.45, 7) is 0. The summed E-state index contributed by atoms with van der Waals surface area (Å²) >= 11 is 7.08. The number of carbonyl (C=O) groups is 2. The Labute approximate surface area is 164 Å². The van der Waals surface area contributed by atoms with Crippen molar-refractivity contribution in [1.82, 2.24) is 0 Å². The molecule has 2 aromatic rings. The highest BCUT2D eigenvalue weighted by Gasteiger charge is 2.40. The van der Waals surface area contributed by atoms with Gasteiger partial charge in [0.25, 0.3) is 5.91 Å². The van der Waals surface area contributed by atoms with Crippen LogP contribution in [0.2, 0.25) is 5.02 Å². The van der Waals surface area contributed by atoms with E-state index in [9.17, 15) is 19.2 Å². The number of thioether (sulfide) groups is 1. The number of benzene rings is 2. The van der Waals surface area contributed by atoms with Gasteiger partial charge in [0, 0.05) is 10.7 Å². The van der Waals surface area contributed by atoms with E-state index in [1.54, 1.807) is 24.3 Å². The Morgan fingerprint density at radius 2 is 2.00 bits per heavy atom. The first kappa shape index (κ1) is 19.0. The second-order valence-electron chi connectivity index (χ2n) is 5.75. The Bertz CT molecular complexity index is 985. The van der Waals surface area contributed by atoms with Gasteiger partial charge in [0.15, 0.2) is 0 Å². The number of halogens is 2. The SMILES string of the molecule is N#C/C(C(N)=O)=C1\S[C@@H](Cc2cccc(Cl)c2)C(=O)N1c1ccc(F)cc1. The number of nitrogens with two attached hydrogens (primary N) is 1. The third kappa shape index (κ3) is 3.97. The van der Waals surface area contributed by atoms with Crippen molar-refractivity contribution in [3.05, 3.63) is 75.5 Å². The third-order valence-corrected chi connectivity index (χ3v) is 5.42. The molecule has 8 heteroatoms. The number of anilines is 1. The molecule has 2 aromatic carbocycles. The topological polar surface area (TPSA) is 87.2 Å². The zero-order valence-electron chi connectivity index (χ0n) is 13.9. The maximum absolute atomic E-state index is 13.3. The normalized spacial score (nSPS) is 18.3. The van der Waals surface area contributed by atoms with Crippen LogP contribution in [0, 0.1) is 17.1 Å². The average Bonchev–Trinajstić information content (AvgIpc) is 2.92. The molecular weight excluding hydrogens is 389 g/mol. The molecule has 1 aliphatic rings. The monoisotopic (exact) mass is 401 g/mol. The predicted molar refractivity (Wildman–Crippen MR) is 102 cm³/mol. The van der Waals surface area contributed by atoms with Crippen molar-refractivity contribution in [2.24, 2.45) is 5.73 Å². The van der Waals surface area contributed by atoms with Gasteiger partial charge in [-0.05, 0) is 48.4 Å². The number of nitriles is 1. The fourth-order valence-electron chi connectivity index (χ4n) is 2.70. The molecule has 1 heterocycles. The zero-order valence-corrected chi connectivity index (χ0v) is 15.4. The lowest BCUT2D eigenvalue weighted by Gasteiger charge is -2.18. The van der Waals surface area contributed by atoms with E-state index in [0.717, 1.165) is 17.3 Å². The van der Waals surface area contributed by atoms with Crippen LogP contribution in [0.5, 0.6) is 0 Å². The lowest BCUT2D eigenvalue weighted by Crippen LogP contribution is -2.31. The highest BCUT2D eigenvalue weighted by atomic mass is 35.5. The number of hydrogen-bond donors (Lipinski definition) is 1. The molecule has 0 saturated carbocycles. The molecule has 0 radical (unpaired) electrons. The summed E-state index contributed by atoms with van der Waals surface area (Å²) in [7, 11) is 0. The second kappa shape index (κ2) is 7.82. The quantitative estimate of drug-likeness (QED) is 0.628. The molecule has 3 rings (SSSR count). The molecule has 5 nitrogen and oxygen atoms in total. The molecule has 0 aliphatic carbocycles. The van der Waals surface area contributed by atoms with Crippen molar-refractivity contribution in [2.75, 3.05) is 4.90 Å². The van der Waals surface area contributed by atoms with Gasteiger partial charge < -0.3 is 5.73 Å². The van der Waals surface area contributed by atoms with E-state index in [-0.39, 0.29) is 16.5 Å². The number of amides is 2. The molecule has 1 fully saturated rings. The summed E-state index contributed by atoms with van der Waals surface area (Å²) in [5.41, 5.74) is 6.19. The molecule has 1 saturated heterocycles. The van der Waals surface area contributed by atoms with Gasteiger partial charge >= 0.3 is 0 Å². The van der Waals surface area contributed by atoms with Crippen LogP contribution in [0.25, 0.3) is 0 Å². The fourth-order valence-corrected chi connectivity index (χ4v) is 4.23. The largest absolute Gasteiger partial charge is 0.365 e. The van der Waals surface area contributed by atoms with Crippen LogP contribution in [0.1, 0.15) is 5.56 Å². The van der Waals surface area contributed by atoms with Gasteiger partial charge in [-0.15, -0.1) is 0 Å². The van der Waals surface area contributed by atoms with E-state index in [2.05, 4.69) is 0 Å². The highest BCUT2D eigenvalue weighted by molar-refractivity contribution is 8.05. The lowest BCUT2D eigenvalue weighted by atomic mass is 10.1. The van der Waals surface area contributed by atoms with Crippen molar-refractivity contribution < 1.29 is 14.0 Å². The molecule has 1 aliphatic heterocycles. The van der Waals surface area contributed by atoms with E-state index in [0.29, 0.717) is 17.1 Å². The van der Waals surface area contributed by atoms with E-state index in [1.807, 2.05) is 6.07 Å². The summed E-state index contributed by atoms with van der Waals surface area (Å²) in [4.78, 5) is 25.9. The fraction of sp³-hybridized carbons (Fsp3) is 0.105. The van der Waals surface area contributed by atoms with Crippen LogP contribution in [0.3, 0.4) is 0 Å². The standard InChI is InChI=1S/C19H13ClFN3O2S/c20-12-3-1-2-11(8-12)9-16-18(26)24(14-6-4-13(21)5-7-14)19(27-16)15(10-22)17(23)25/h1-8,16H,9H2,(H2,23,25)/b19-15+/t16-/m0/s1. The number of nitrogens with zero attached hydrogens (tertiary/aromatic N) is 2. The third-order valence-electron chi connectivity index (χ3n) is 3.92. The van der Waals surface area contributed by atoms with Gasteiger partial charge in [0.2, 0.25) is 5.91 Å². The Morgan fingerprint density at radius 3 is 2.59 bits per heavy atom. The molecule has 0 spiro atoms. The average molecular weight is 402 g/mol. The predicted octanol–water partition coefficient (Wildman–Crippen LogP) is 3.39. The molecule has 0 aromatic heterocycles. The van der Waals surface area contributed by atoms with Gasteiger partial charge in [0.1, 0.15) is 22.5 Å². The number of primary amides is 1.